The number of rotatable bonds is 8. The quantitative estimate of drug-likeness (QED) is 0.579. The highest BCUT2D eigenvalue weighted by Gasteiger charge is 2.53. The van der Waals surface area contributed by atoms with Gasteiger partial charge in [0.15, 0.2) is 15.4 Å². The Kier molecular flexibility index (Phi) is 6.74. The lowest BCUT2D eigenvalue weighted by molar-refractivity contribution is -0.140. The van der Waals surface area contributed by atoms with E-state index in [1.807, 2.05) is 43.3 Å². The Morgan fingerprint density at radius 2 is 1.74 bits per heavy atom. The van der Waals surface area contributed by atoms with Crippen LogP contribution in [0.15, 0.2) is 60.7 Å². The summed E-state index contributed by atoms with van der Waals surface area (Å²) >= 11 is 0. The molecule has 2 aromatic rings. The van der Waals surface area contributed by atoms with Crippen LogP contribution in [0, 0.1) is 0 Å². The number of imide groups is 1. The molecule has 2 aromatic carbocycles. The Morgan fingerprint density at radius 1 is 1.09 bits per heavy atom. The van der Waals surface area contributed by atoms with Crippen LogP contribution < -0.4 is 5.32 Å². The molecule has 2 aliphatic rings. The molecule has 0 bridgehead atoms. The molecule has 2 aliphatic heterocycles. The van der Waals surface area contributed by atoms with Gasteiger partial charge in [-0.05, 0) is 24.0 Å². The van der Waals surface area contributed by atoms with Gasteiger partial charge in [0.25, 0.3) is 5.91 Å². The molecule has 2 unspecified atom stereocenters. The van der Waals surface area contributed by atoms with Crippen molar-refractivity contribution in [1.29, 1.82) is 0 Å². The molecule has 4 rings (SSSR count). The van der Waals surface area contributed by atoms with Crippen LogP contribution in [0.3, 0.4) is 0 Å². The summed E-state index contributed by atoms with van der Waals surface area (Å²) in [6.45, 7) is 1.85. The summed E-state index contributed by atoms with van der Waals surface area (Å²) in [6.07, 6.45) is 1.26. The Bertz CT molecular complexity index is 1170. The molecule has 8 nitrogen and oxygen atoms in total. The van der Waals surface area contributed by atoms with Gasteiger partial charge >= 0.3 is 6.03 Å². The van der Waals surface area contributed by atoms with Crippen molar-refractivity contribution >= 4 is 27.7 Å². The largest absolute Gasteiger partial charge is 0.337 e. The highest BCUT2D eigenvalue weighted by molar-refractivity contribution is 7.91. The molecule has 0 spiro atoms. The lowest BCUT2D eigenvalue weighted by Crippen LogP contribution is -2.49. The van der Waals surface area contributed by atoms with Crippen molar-refractivity contribution in [1.82, 2.24) is 15.1 Å². The van der Waals surface area contributed by atoms with E-state index in [1.165, 1.54) is 4.90 Å². The van der Waals surface area contributed by atoms with Crippen molar-refractivity contribution in [3.05, 3.63) is 71.8 Å². The van der Waals surface area contributed by atoms with Gasteiger partial charge in [-0.1, -0.05) is 67.6 Å². The number of hydrogen-bond acceptors (Lipinski definition) is 5. The van der Waals surface area contributed by atoms with Crippen LogP contribution in [0.25, 0.3) is 0 Å². The fourth-order valence-corrected chi connectivity index (χ4v) is 6.54. The van der Waals surface area contributed by atoms with E-state index in [9.17, 15) is 22.8 Å². The molecule has 0 radical (unpaired) electrons. The summed E-state index contributed by atoms with van der Waals surface area (Å²) in [4.78, 5) is 42.5. The molecular weight excluding hydrogens is 454 g/mol. The highest BCUT2D eigenvalue weighted by Crippen LogP contribution is 2.33. The second-order valence-electron chi connectivity index (χ2n) is 8.90. The van der Waals surface area contributed by atoms with Crippen molar-refractivity contribution in [2.24, 2.45) is 0 Å². The Balaban J connectivity index is 1.61. The molecule has 2 heterocycles. The Hall–Kier alpha value is -3.20. The van der Waals surface area contributed by atoms with Crippen LogP contribution in [-0.2, 0) is 31.4 Å². The number of nitrogens with one attached hydrogen (secondary N) is 1. The standard InChI is InChI=1S/C25H29N3O5S/c1-2-14-27(21-13-15-34(32,33)18-21)22(29)17-28-23(30)25(26-24(28)31,20-11-7-4-8-12-20)16-19-9-5-3-6-10-19/h3-12,21H,2,13-18H2,1H3,(H,26,31). The summed E-state index contributed by atoms with van der Waals surface area (Å²) in [7, 11) is -3.18. The van der Waals surface area contributed by atoms with E-state index in [2.05, 4.69) is 5.32 Å². The van der Waals surface area contributed by atoms with Gasteiger partial charge in [-0.2, -0.15) is 0 Å². The molecule has 0 saturated carbocycles. The van der Waals surface area contributed by atoms with Crippen molar-refractivity contribution in [2.45, 2.75) is 37.8 Å². The monoisotopic (exact) mass is 483 g/mol. The Morgan fingerprint density at radius 3 is 2.32 bits per heavy atom. The second kappa shape index (κ2) is 9.58. The Labute approximate surface area is 199 Å². The number of carbonyl (C=O) groups excluding carboxylic acids is 3. The first-order chi connectivity index (χ1) is 16.3. The van der Waals surface area contributed by atoms with E-state index in [0.29, 0.717) is 24.9 Å². The van der Waals surface area contributed by atoms with Gasteiger partial charge in [0.05, 0.1) is 11.5 Å². The average Bonchev–Trinajstić information content (AvgIpc) is 3.30. The number of nitrogens with zero attached hydrogens (tertiary/aromatic N) is 2. The summed E-state index contributed by atoms with van der Waals surface area (Å²) in [5.74, 6) is -0.948. The number of amides is 4. The zero-order valence-electron chi connectivity index (χ0n) is 19.1. The van der Waals surface area contributed by atoms with E-state index in [-0.39, 0.29) is 17.9 Å². The van der Waals surface area contributed by atoms with Crippen LogP contribution >= 0.6 is 0 Å². The van der Waals surface area contributed by atoms with Crippen LogP contribution in [0.1, 0.15) is 30.9 Å². The average molecular weight is 484 g/mol. The van der Waals surface area contributed by atoms with Crippen LogP contribution in [0.5, 0.6) is 0 Å². The number of sulfone groups is 1. The van der Waals surface area contributed by atoms with Gasteiger partial charge in [-0.15, -0.1) is 0 Å². The first kappa shape index (κ1) is 23.9. The summed E-state index contributed by atoms with van der Waals surface area (Å²) in [5.41, 5.74) is 0.183. The van der Waals surface area contributed by atoms with Gasteiger partial charge in [-0.25, -0.2) is 13.2 Å². The minimum atomic E-state index is -3.18. The predicted octanol–water partition coefficient (Wildman–Crippen LogP) is 2.10. The van der Waals surface area contributed by atoms with Crippen molar-refractivity contribution < 1.29 is 22.8 Å². The third-order valence-electron chi connectivity index (χ3n) is 6.48. The van der Waals surface area contributed by atoms with Crippen LogP contribution in [0.4, 0.5) is 4.79 Å². The normalized spacial score (nSPS) is 23.7. The molecule has 0 aromatic heterocycles. The third kappa shape index (κ3) is 4.70. The van der Waals surface area contributed by atoms with Gasteiger partial charge < -0.3 is 10.2 Å². The summed E-state index contributed by atoms with van der Waals surface area (Å²) < 4.78 is 23.9. The smallest absolute Gasteiger partial charge is 0.325 e. The number of hydrogen-bond donors (Lipinski definition) is 1. The molecule has 0 aliphatic carbocycles. The molecule has 2 saturated heterocycles. The zero-order chi connectivity index (χ0) is 24.3. The topological polar surface area (TPSA) is 104 Å². The highest BCUT2D eigenvalue weighted by atomic mass is 32.2. The molecule has 4 amide bonds. The van der Waals surface area contributed by atoms with Crippen LogP contribution in [0.2, 0.25) is 0 Å². The van der Waals surface area contributed by atoms with Gasteiger partial charge in [0.2, 0.25) is 5.91 Å². The first-order valence-corrected chi connectivity index (χ1v) is 13.3. The maximum absolute atomic E-state index is 13.8. The minimum Gasteiger partial charge on any atom is -0.337 e. The first-order valence-electron chi connectivity index (χ1n) is 11.5. The summed E-state index contributed by atoms with van der Waals surface area (Å²) in [5, 5.41) is 2.86. The number of urea groups is 1. The predicted molar refractivity (Wildman–Crippen MR) is 128 cm³/mol. The van der Waals surface area contributed by atoms with Crippen LogP contribution in [-0.4, -0.2) is 66.7 Å². The SMILES string of the molecule is CCCN(C(=O)CN1C(=O)NC(Cc2ccccc2)(c2ccccc2)C1=O)C1CCS(=O)(=O)C1. The number of carbonyl (C=O) groups is 3. The van der Waals surface area contributed by atoms with Crippen molar-refractivity contribution in [2.75, 3.05) is 24.6 Å². The lowest BCUT2D eigenvalue weighted by atomic mass is 9.83. The fourth-order valence-electron chi connectivity index (χ4n) is 4.81. The van der Waals surface area contributed by atoms with E-state index in [0.717, 1.165) is 10.5 Å². The molecule has 180 valence electrons. The van der Waals surface area contributed by atoms with Gasteiger partial charge in [0, 0.05) is 19.0 Å². The second-order valence-corrected chi connectivity index (χ2v) is 11.1. The third-order valence-corrected chi connectivity index (χ3v) is 8.23. The molecule has 2 fully saturated rings. The molecular formula is C25H29N3O5S. The maximum atomic E-state index is 13.8. The zero-order valence-corrected chi connectivity index (χ0v) is 20.0. The lowest BCUT2D eigenvalue weighted by Gasteiger charge is -2.30. The minimum absolute atomic E-state index is 0.0441. The fraction of sp³-hybridized carbons (Fsp3) is 0.400. The molecule has 2 atom stereocenters. The van der Waals surface area contributed by atoms with Crippen molar-refractivity contribution in [3.8, 4) is 0 Å². The molecule has 34 heavy (non-hydrogen) atoms. The van der Waals surface area contributed by atoms with Crippen molar-refractivity contribution in [3.63, 3.8) is 0 Å². The van der Waals surface area contributed by atoms with E-state index >= 15 is 0 Å². The molecule has 1 N–H and O–H groups in total. The van der Waals surface area contributed by atoms with E-state index < -0.39 is 45.8 Å². The summed E-state index contributed by atoms with van der Waals surface area (Å²) in [6, 6.07) is 17.4. The van der Waals surface area contributed by atoms with E-state index in [4.69, 9.17) is 0 Å². The van der Waals surface area contributed by atoms with E-state index in [1.54, 1.807) is 24.3 Å². The number of benzene rings is 2. The molecule has 9 heteroatoms. The van der Waals surface area contributed by atoms with Gasteiger partial charge in [0.1, 0.15) is 6.54 Å². The van der Waals surface area contributed by atoms with Gasteiger partial charge in [-0.3, -0.25) is 14.5 Å². The maximum Gasteiger partial charge on any atom is 0.325 e.